The first-order valence-electron chi connectivity index (χ1n) is 6.98. The number of hydrogen-bond acceptors (Lipinski definition) is 3. The number of anilines is 1. The van der Waals surface area contributed by atoms with Crippen molar-refractivity contribution in [1.82, 2.24) is 4.98 Å². The Bertz CT molecular complexity index is 1020. The topological polar surface area (TPSA) is 105 Å². The van der Waals surface area contributed by atoms with Gasteiger partial charge in [0.15, 0.2) is 0 Å². The lowest BCUT2D eigenvalue weighted by Crippen LogP contribution is -2.15. The Labute approximate surface area is 137 Å². The number of nitrogens with two attached hydrogens (primary N) is 1. The van der Waals surface area contributed by atoms with E-state index in [4.69, 9.17) is 5.14 Å². The number of halogens is 1. The number of aromatic amines is 1. The maximum Gasteiger partial charge on any atom is 0.272 e. The maximum atomic E-state index is 13.8. The minimum Gasteiger partial charge on any atom is -0.350 e. The predicted octanol–water partition coefficient (Wildman–Crippen LogP) is 2.52. The first-order valence-corrected chi connectivity index (χ1v) is 8.52. The summed E-state index contributed by atoms with van der Waals surface area (Å²) in [5, 5.41) is 7.94. The molecule has 6 nitrogen and oxygen atoms in total. The van der Waals surface area contributed by atoms with E-state index in [1.165, 1.54) is 36.4 Å². The summed E-state index contributed by atoms with van der Waals surface area (Å²) >= 11 is 0. The second-order valence-corrected chi connectivity index (χ2v) is 6.92. The van der Waals surface area contributed by atoms with Gasteiger partial charge in [-0.1, -0.05) is 12.1 Å². The van der Waals surface area contributed by atoms with E-state index < -0.39 is 21.7 Å². The molecule has 0 aliphatic heterocycles. The Morgan fingerprint density at radius 3 is 2.62 bits per heavy atom. The van der Waals surface area contributed by atoms with E-state index in [1.807, 2.05) is 0 Å². The molecule has 0 saturated heterocycles. The van der Waals surface area contributed by atoms with Crippen LogP contribution >= 0.6 is 0 Å². The van der Waals surface area contributed by atoms with Crippen LogP contribution in [0.25, 0.3) is 10.9 Å². The maximum absolute atomic E-state index is 13.8. The highest BCUT2D eigenvalue weighted by Gasteiger charge is 2.14. The molecule has 0 spiro atoms. The highest BCUT2D eigenvalue weighted by atomic mass is 32.2. The molecule has 1 amide bonds. The molecule has 8 heteroatoms. The van der Waals surface area contributed by atoms with Crippen molar-refractivity contribution >= 4 is 32.5 Å². The number of aromatic nitrogens is 1. The number of fused-ring (bicyclic) bond motifs is 1. The fraction of sp³-hybridized carbons (Fsp3) is 0.0625. The Morgan fingerprint density at radius 1 is 1.21 bits per heavy atom. The molecule has 3 rings (SSSR count). The normalized spacial score (nSPS) is 11.6. The average Bonchev–Trinajstić information content (AvgIpc) is 2.97. The van der Waals surface area contributed by atoms with Gasteiger partial charge < -0.3 is 10.3 Å². The largest absolute Gasteiger partial charge is 0.350 e. The van der Waals surface area contributed by atoms with Gasteiger partial charge in [0.25, 0.3) is 5.91 Å². The second kappa shape index (κ2) is 5.73. The smallest absolute Gasteiger partial charge is 0.272 e. The quantitative estimate of drug-likeness (QED) is 0.678. The average molecular weight is 347 g/mol. The number of nitrogens with one attached hydrogen (secondary N) is 2. The Morgan fingerprint density at radius 2 is 1.96 bits per heavy atom. The summed E-state index contributed by atoms with van der Waals surface area (Å²) in [7, 11) is -3.87. The van der Waals surface area contributed by atoms with Crippen LogP contribution in [0, 0.1) is 12.7 Å². The molecule has 124 valence electrons. The first-order chi connectivity index (χ1) is 11.3. The van der Waals surface area contributed by atoms with Crippen molar-refractivity contribution < 1.29 is 17.6 Å². The number of aryl methyl sites for hydroxylation is 1. The van der Waals surface area contributed by atoms with Crippen molar-refractivity contribution in [3.8, 4) is 0 Å². The molecule has 0 aliphatic carbocycles. The van der Waals surface area contributed by atoms with Crippen molar-refractivity contribution in [3.05, 3.63) is 59.5 Å². The number of H-pyrrole nitrogens is 1. The molecule has 2 aromatic carbocycles. The molecule has 0 radical (unpaired) electrons. The van der Waals surface area contributed by atoms with Crippen LogP contribution in [-0.2, 0) is 10.0 Å². The summed E-state index contributed by atoms with van der Waals surface area (Å²) in [4.78, 5) is 15.1. The molecule has 3 aromatic rings. The van der Waals surface area contributed by atoms with E-state index in [-0.39, 0.29) is 16.3 Å². The lowest BCUT2D eigenvalue weighted by Gasteiger charge is -2.05. The van der Waals surface area contributed by atoms with E-state index >= 15 is 0 Å². The number of benzene rings is 2. The third-order valence-electron chi connectivity index (χ3n) is 3.61. The third kappa shape index (κ3) is 3.01. The molecule has 1 heterocycles. The van der Waals surface area contributed by atoms with Crippen molar-refractivity contribution in [2.45, 2.75) is 11.8 Å². The third-order valence-corrected chi connectivity index (χ3v) is 4.53. The zero-order chi connectivity index (χ0) is 17.5. The van der Waals surface area contributed by atoms with Gasteiger partial charge in [-0.2, -0.15) is 0 Å². The molecule has 0 unspecified atom stereocenters. The van der Waals surface area contributed by atoms with Crippen LogP contribution in [0.15, 0.2) is 47.4 Å². The fourth-order valence-electron chi connectivity index (χ4n) is 2.40. The molecule has 0 aliphatic rings. The minimum atomic E-state index is -3.87. The first kappa shape index (κ1) is 16.2. The van der Waals surface area contributed by atoms with Crippen LogP contribution in [0.1, 0.15) is 16.1 Å². The number of amides is 1. The summed E-state index contributed by atoms with van der Waals surface area (Å²) in [5.41, 5.74) is 1.78. The Kier molecular flexibility index (Phi) is 3.86. The van der Waals surface area contributed by atoms with Crippen LogP contribution in [0.5, 0.6) is 0 Å². The SMILES string of the molecule is Cc1ccc(F)c2cc(C(=O)Nc3cccc(S(N)(=O)=O)c3)[nH]c12. The lowest BCUT2D eigenvalue weighted by molar-refractivity contribution is 0.102. The zero-order valence-corrected chi connectivity index (χ0v) is 13.4. The van der Waals surface area contributed by atoms with Crippen LogP contribution in [0.2, 0.25) is 0 Å². The Hall–Kier alpha value is -2.71. The van der Waals surface area contributed by atoms with Crippen LogP contribution < -0.4 is 10.5 Å². The van der Waals surface area contributed by atoms with Crippen LogP contribution in [0.3, 0.4) is 0 Å². The van der Waals surface area contributed by atoms with E-state index in [0.717, 1.165) is 5.56 Å². The number of carbonyl (C=O) groups is 1. The van der Waals surface area contributed by atoms with E-state index in [2.05, 4.69) is 10.3 Å². The number of primary sulfonamides is 1. The Balaban J connectivity index is 1.94. The van der Waals surface area contributed by atoms with Gasteiger partial charge in [0.2, 0.25) is 10.0 Å². The van der Waals surface area contributed by atoms with Gasteiger partial charge in [-0.25, -0.2) is 17.9 Å². The van der Waals surface area contributed by atoms with Gasteiger partial charge in [-0.15, -0.1) is 0 Å². The molecular weight excluding hydrogens is 333 g/mol. The highest BCUT2D eigenvalue weighted by molar-refractivity contribution is 7.89. The molecule has 0 saturated carbocycles. The zero-order valence-electron chi connectivity index (χ0n) is 12.6. The second-order valence-electron chi connectivity index (χ2n) is 5.36. The summed E-state index contributed by atoms with van der Waals surface area (Å²) in [6, 6.07) is 9.94. The highest BCUT2D eigenvalue weighted by Crippen LogP contribution is 2.23. The standard InChI is InChI=1S/C16H14FN3O3S/c1-9-5-6-13(17)12-8-14(20-15(9)12)16(21)19-10-3-2-4-11(7-10)24(18,22)23/h2-8,20H,1H3,(H,19,21)(H2,18,22,23). The number of sulfonamides is 1. The minimum absolute atomic E-state index is 0.112. The van der Waals surface area contributed by atoms with Gasteiger partial charge in [0.05, 0.1) is 10.4 Å². The van der Waals surface area contributed by atoms with Gasteiger partial charge in [0.1, 0.15) is 11.5 Å². The van der Waals surface area contributed by atoms with Crippen molar-refractivity contribution in [1.29, 1.82) is 0 Å². The van der Waals surface area contributed by atoms with Crippen molar-refractivity contribution in [3.63, 3.8) is 0 Å². The monoisotopic (exact) mass is 347 g/mol. The van der Waals surface area contributed by atoms with E-state index in [1.54, 1.807) is 13.0 Å². The summed E-state index contributed by atoms with van der Waals surface area (Å²) in [6.45, 7) is 1.80. The van der Waals surface area contributed by atoms with Gasteiger partial charge in [-0.3, -0.25) is 4.79 Å². The number of hydrogen-bond donors (Lipinski definition) is 3. The summed E-state index contributed by atoms with van der Waals surface area (Å²) < 4.78 is 36.5. The van der Waals surface area contributed by atoms with Crippen LogP contribution in [0.4, 0.5) is 10.1 Å². The van der Waals surface area contributed by atoms with Crippen molar-refractivity contribution in [2.24, 2.45) is 5.14 Å². The fourth-order valence-corrected chi connectivity index (χ4v) is 2.96. The molecular formula is C16H14FN3O3S. The van der Waals surface area contributed by atoms with Gasteiger partial charge in [0, 0.05) is 11.1 Å². The van der Waals surface area contributed by atoms with E-state index in [0.29, 0.717) is 10.9 Å². The number of carbonyl (C=O) groups excluding carboxylic acids is 1. The van der Waals surface area contributed by atoms with Gasteiger partial charge >= 0.3 is 0 Å². The molecule has 4 N–H and O–H groups in total. The molecule has 0 atom stereocenters. The summed E-state index contributed by atoms with van der Waals surface area (Å²) in [5.74, 6) is -0.946. The van der Waals surface area contributed by atoms with Crippen LogP contribution in [-0.4, -0.2) is 19.3 Å². The number of rotatable bonds is 3. The molecule has 0 fully saturated rings. The molecule has 1 aromatic heterocycles. The summed E-state index contributed by atoms with van der Waals surface area (Å²) in [6.07, 6.45) is 0. The van der Waals surface area contributed by atoms with E-state index in [9.17, 15) is 17.6 Å². The van der Waals surface area contributed by atoms with Crippen molar-refractivity contribution in [2.75, 3.05) is 5.32 Å². The van der Waals surface area contributed by atoms with Gasteiger partial charge in [-0.05, 0) is 42.8 Å². The predicted molar refractivity (Wildman–Crippen MR) is 88.8 cm³/mol. The molecule has 24 heavy (non-hydrogen) atoms. The molecule has 0 bridgehead atoms. The lowest BCUT2D eigenvalue weighted by atomic mass is 10.1.